The van der Waals surface area contributed by atoms with Crippen LogP contribution in [-0.4, -0.2) is 24.0 Å². The minimum Gasteiger partial charge on any atom is -0.321 e. The molecule has 0 aromatic carbocycles. The molecule has 0 bridgehead atoms. The van der Waals surface area contributed by atoms with Gasteiger partial charge in [0, 0.05) is 14.2 Å². The first-order valence-corrected chi connectivity index (χ1v) is 7.92. The standard InChI is InChI=1S/C8H18O6P2/c1-5-7(6-2)8(15(9,10)11)16(12,13-3)14-4/h5-6H2,1-4H3,(H2,9,10,11). The average Bonchev–Trinajstić information content (AvgIpc) is 2.23. The molecule has 0 spiro atoms. The number of hydrogen-bond acceptors (Lipinski definition) is 4. The van der Waals surface area contributed by atoms with Gasteiger partial charge in [0.15, 0.2) is 5.06 Å². The van der Waals surface area contributed by atoms with Crippen molar-refractivity contribution < 1.29 is 28.0 Å². The second kappa shape index (κ2) is 6.10. The van der Waals surface area contributed by atoms with Crippen LogP contribution >= 0.6 is 15.2 Å². The maximum atomic E-state index is 12.1. The largest absolute Gasteiger partial charge is 0.368 e. The Balaban J connectivity index is 5.90. The van der Waals surface area contributed by atoms with Crippen LogP contribution < -0.4 is 0 Å². The third-order valence-electron chi connectivity index (χ3n) is 2.19. The Morgan fingerprint density at radius 2 is 1.44 bits per heavy atom. The van der Waals surface area contributed by atoms with Crippen molar-refractivity contribution in [2.75, 3.05) is 14.2 Å². The molecular weight excluding hydrogens is 254 g/mol. The van der Waals surface area contributed by atoms with Crippen molar-refractivity contribution in [2.45, 2.75) is 26.7 Å². The zero-order valence-electron chi connectivity index (χ0n) is 9.84. The molecule has 0 aromatic rings. The highest BCUT2D eigenvalue weighted by molar-refractivity contribution is 7.78. The van der Waals surface area contributed by atoms with E-state index in [9.17, 15) is 18.9 Å². The summed E-state index contributed by atoms with van der Waals surface area (Å²) < 4.78 is 32.7. The molecule has 8 heteroatoms. The van der Waals surface area contributed by atoms with E-state index in [4.69, 9.17) is 0 Å². The predicted molar refractivity (Wildman–Crippen MR) is 61.3 cm³/mol. The van der Waals surface area contributed by atoms with Crippen LogP contribution in [0.3, 0.4) is 0 Å². The van der Waals surface area contributed by atoms with Crippen LogP contribution in [0.25, 0.3) is 0 Å². The van der Waals surface area contributed by atoms with Gasteiger partial charge < -0.3 is 18.8 Å². The van der Waals surface area contributed by atoms with Crippen molar-refractivity contribution in [2.24, 2.45) is 0 Å². The van der Waals surface area contributed by atoms with Gasteiger partial charge in [0.05, 0.1) is 0 Å². The molecule has 0 aliphatic rings. The lowest BCUT2D eigenvalue weighted by molar-refractivity contribution is 0.282. The number of hydrogen-bond donors (Lipinski definition) is 2. The van der Waals surface area contributed by atoms with Crippen molar-refractivity contribution in [1.82, 2.24) is 0 Å². The fourth-order valence-corrected chi connectivity index (χ4v) is 5.07. The molecular formula is C8H18O6P2. The Morgan fingerprint density at radius 3 is 1.62 bits per heavy atom. The van der Waals surface area contributed by atoms with Gasteiger partial charge in [-0.15, -0.1) is 0 Å². The van der Waals surface area contributed by atoms with Crippen LogP contribution in [-0.2, 0) is 18.2 Å². The lowest BCUT2D eigenvalue weighted by Crippen LogP contribution is -1.99. The summed E-state index contributed by atoms with van der Waals surface area (Å²) in [7, 11) is -6.34. The average molecular weight is 272 g/mol. The quantitative estimate of drug-likeness (QED) is 0.722. The topological polar surface area (TPSA) is 93.1 Å². The third-order valence-corrected chi connectivity index (χ3v) is 6.37. The van der Waals surface area contributed by atoms with Crippen molar-refractivity contribution in [3.8, 4) is 0 Å². The second-order valence-electron chi connectivity index (χ2n) is 3.04. The summed E-state index contributed by atoms with van der Waals surface area (Å²) in [5.41, 5.74) is 0.403. The molecule has 0 heterocycles. The molecule has 0 fully saturated rings. The highest BCUT2D eigenvalue weighted by atomic mass is 31.2. The monoisotopic (exact) mass is 272 g/mol. The molecule has 0 aliphatic heterocycles. The van der Waals surface area contributed by atoms with Crippen molar-refractivity contribution in [1.29, 1.82) is 0 Å². The molecule has 0 radical (unpaired) electrons. The summed E-state index contributed by atoms with van der Waals surface area (Å²) in [6.07, 6.45) is 0.765. The first-order valence-electron chi connectivity index (χ1n) is 4.77. The van der Waals surface area contributed by atoms with E-state index in [-0.39, 0.29) is 0 Å². The van der Waals surface area contributed by atoms with Crippen LogP contribution in [0.1, 0.15) is 26.7 Å². The predicted octanol–water partition coefficient (Wildman–Crippen LogP) is 2.68. The van der Waals surface area contributed by atoms with E-state index in [0.29, 0.717) is 18.4 Å². The van der Waals surface area contributed by atoms with Crippen molar-refractivity contribution >= 4 is 15.2 Å². The Kier molecular flexibility index (Phi) is 6.12. The van der Waals surface area contributed by atoms with Crippen LogP contribution in [0.4, 0.5) is 0 Å². The highest BCUT2D eigenvalue weighted by Gasteiger charge is 2.41. The van der Waals surface area contributed by atoms with Crippen LogP contribution in [0.15, 0.2) is 10.6 Å². The lowest BCUT2D eigenvalue weighted by atomic mass is 10.2. The van der Waals surface area contributed by atoms with E-state index < -0.39 is 20.2 Å². The molecule has 0 atom stereocenters. The molecule has 2 N–H and O–H groups in total. The van der Waals surface area contributed by atoms with E-state index in [1.165, 1.54) is 0 Å². The van der Waals surface area contributed by atoms with E-state index in [0.717, 1.165) is 14.2 Å². The highest BCUT2D eigenvalue weighted by Crippen LogP contribution is 2.70. The number of allylic oxidation sites excluding steroid dienone is 1. The fourth-order valence-electron chi connectivity index (χ4n) is 1.37. The SMILES string of the molecule is CCC(CC)=C(P(=O)(O)O)P(=O)(OC)OC. The van der Waals surface area contributed by atoms with E-state index >= 15 is 0 Å². The van der Waals surface area contributed by atoms with Crippen LogP contribution in [0.2, 0.25) is 0 Å². The molecule has 0 amide bonds. The summed E-state index contributed by atoms with van der Waals surface area (Å²) in [6, 6.07) is 0. The van der Waals surface area contributed by atoms with Gasteiger partial charge >= 0.3 is 15.2 Å². The van der Waals surface area contributed by atoms with Gasteiger partial charge in [-0.25, -0.2) is 0 Å². The Bertz CT molecular complexity index is 342. The lowest BCUT2D eigenvalue weighted by Gasteiger charge is -2.21. The van der Waals surface area contributed by atoms with Gasteiger partial charge in [-0.05, 0) is 18.4 Å². The number of rotatable bonds is 6. The fraction of sp³-hybridized carbons (Fsp3) is 0.750. The Morgan fingerprint density at radius 1 is 1.06 bits per heavy atom. The minimum absolute atomic E-state index is 0.383. The third kappa shape index (κ3) is 3.52. The van der Waals surface area contributed by atoms with Gasteiger partial charge in [-0.1, -0.05) is 13.8 Å². The zero-order valence-corrected chi connectivity index (χ0v) is 11.6. The molecule has 16 heavy (non-hydrogen) atoms. The molecule has 0 rings (SSSR count). The van der Waals surface area contributed by atoms with Crippen LogP contribution in [0, 0.1) is 0 Å². The molecule has 0 saturated heterocycles. The van der Waals surface area contributed by atoms with E-state index in [1.54, 1.807) is 13.8 Å². The molecule has 0 aliphatic carbocycles. The van der Waals surface area contributed by atoms with Gasteiger partial charge in [0.25, 0.3) is 0 Å². The van der Waals surface area contributed by atoms with Crippen molar-refractivity contribution in [3.05, 3.63) is 10.6 Å². The molecule has 0 unspecified atom stereocenters. The summed E-state index contributed by atoms with van der Waals surface area (Å²) >= 11 is 0. The molecule has 6 nitrogen and oxygen atoms in total. The molecule has 96 valence electrons. The van der Waals surface area contributed by atoms with E-state index in [2.05, 4.69) is 9.05 Å². The second-order valence-corrected chi connectivity index (χ2v) is 7.10. The van der Waals surface area contributed by atoms with Gasteiger partial charge in [-0.2, -0.15) is 0 Å². The summed E-state index contributed by atoms with van der Waals surface area (Å²) in [4.78, 5) is 18.5. The maximum Gasteiger partial charge on any atom is 0.368 e. The smallest absolute Gasteiger partial charge is 0.321 e. The molecule has 0 aromatic heterocycles. The van der Waals surface area contributed by atoms with Crippen molar-refractivity contribution in [3.63, 3.8) is 0 Å². The normalized spacial score (nSPS) is 12.6. The first-order chi connectivity index (χ1) is 7.26. The summed E-state index contributed by atoms with van der Waals surface area (Å²) in [5.74, 6) is 0. The zero-order chi connectivity index (χ0) is 13.0. The molecule has 0 saturated carbocycles. The van der Waals surface area contributed by atoms with E-state index in [1.807, 2.05) is 0 Å². The maximum absolute atomic E-state index is 12.1. The first kappa shape index (κ1) is 16.0. The summed E-state index contributed by atoms with van der Waals surface area (Å²) in [5, 5.41) is -0.505. The Hall–Kier alpha value is 0.0400. The Labute approximate surface area is 95.3 Å². The minimum atomic E-state index is -4.65. The van der Waals surface area contributed by atoms with Gasteiger partial charge in [0.1, 0.15) is 0 Å². The van der Waals surface area contributed by atoms with Gasteiger partial charge in [0.2, 0.25) is 0 Å². The summed E-state index contributed by atoms with van der Waals surface area (Å²) in [6.45, 7) is 3.45. The van der Waals surface area contributed by atoms with Crippen LogP contribution in [0.5, 0.6) is 0 Å². The van der Waals surface area contributed by atoms with Gasteiger partial charge in [-0.3, -0.25) is 9.13 Å².